The lowest BCUT2D eigenvalue weighted by Gasteiger charge is -2.24. The minimum atomic E-state index is -0.762. The van der Waals surface area contributed by atoms with Crippen molar-refractivity contribution in [1.29, 1.82) is 0 Å². The number of hydrogen-bond donors (Lipinski definition) is 1. The second-order valence-electron chi connectivity index (χ2n) is 4.11. The van der Waals surface area contributed by atoms with E-state index in [2.05, 4.69) is 22.6 Å². The van der Waals surface area contributed by atoms with Crippen molar-refractivity contribution in [3.8, 4) is 0 Å². The highest BCUT2D eigenvalue weighted by molar-refractivity contribution is 14.1. The van der Waals surface area contributed by atoms with Crippen molar-refractivity contribution in [2.45, 2.75) is 25.9 Å². The Kier molecular flexibility index (Phi) is 4.43. The highest BCUT2D eigenvalue weighted by Crippen LogP contribution is 2.23. The summed E-state index contributed by atoms with van der Waals surface area (Å²) >= 11 is 8.17. The fourth-order valence-electron chi connectivity index (χ4n) is 1.45. The first-order chi connectivity index (χ1) is 7.30. The summed E-state index contributed by atoms with van der Waals surface area (Å²) in [6.07, 6.45) is -0.186. The molecule has 16 heavy (non-hydrogen) atoms. The molecular weight excluding hydrogens is 340 g/mol. The number of rotatable bonds is 3. The van der Waals surface area contributed by atoms with Gasteiger partial charge in [0, 0.05) is 9.99 Å². The van der Waals surface area contributed by atoms with Crippen LogP contribution in [0.15, 0.2) is 18.2 Å². The van der Waals surface area contributed by atoms with Gasteiger partial charge in [0.25, 0.3) is 0 Å². The fourth-order valence-corrected chi connectivity index (χ4v) is 1.99. The molecule has 0 aliphatic rings. The quantitative estimate of drug-likeness (QED) is 0.847. The minimum Gasteiger partial charge on any atom is -0.443 e. The van der Waals surface area contributed by atoms with Crippen molar-refractivity contribution < 1.29 is 9.53 Å². The smallest absolute Gasteiger partial charge is 0.405 e. The van der Waals surface area contributed by atoms with Gasteiger partial charge in [-0.2, -0.15) is 0 Å². The molecule has 1 rings (SSSR count). The third-order valence-corrected chi connectivity index (χ3v) is 3.56. The van der Waals surface area contributed by atoms with Crippen LogP contribution in [0.1, 0.15) is 19.4 Å². The lowest BCUT2D eigenvalue weighted by atomic mass is 9.98. The third-order valence-electron chi connectivity index (χ3n) is 1.99. The number of nitrogens with two attached hydrogens (primary N) is 1. The Morgan fingerprint density at radius 1 is 1.56 bits per heavy atom. The molecule has 0 bridgehead atoms. The molecule has 0 heterocycles. The molecule has 0 radical (unpaired) electrons. The first-order valence-corrected chi connectivity index (χ1v) is 6.18. The Bertz CT molecular complexity index is 407. The topological polar surface area (TPSA) is 52.3 Å². The van der Waals surface area contributed by atoms with Gasteiger partial charge in [0.15, 0.2) is 0 Å². The number of benzene rings is 1. The standard InChI is InChI=1S/C11H13ClINO2/c1-11(2,16-10(14)15)6-7-3-4-9(13)8(12)5-7/h3-5H,6H2,1-2H3,(H2,14,15). The van der Waals surface area contributed by atoms with Crippen LogP contribution in [0, 0.1) is 3.57 Å². The lowest BCUT2D eigenvalue weighted by Crippen LogP contribution is -2.33. The zero-order chi connectivity index (χ0) is 12.3. The summed E-state index contributed by atoms with van der Waals surface area (Å²) in [7, 11) is 0. The van der Waals surface area contributed by atoms with Crippen LogP contribution in [0.4, 0.5) is 4.79 Å². The zero-order valence-corrected chi connectivity index (χ0v) is 12.0. The van der Waals surface area contributed by atoms with Crippen molar-refractivity contribution in [2.75, 3.05) is 0 Å². The van der Waals surface area contributed by atoms with E-state index < -0.39 is 11.7 Å². The van der Waals surface area contributed by atoms with Crippen molar-refractivity contribution in [3.63, 3.8) is 0 Å². The Morgan fingerprint density at radius 2 is 2.19 bits per heavy atom. The number of primary amides is 1. The van der Waals surface area contributed by atoms with Crippen LogP contribution in [0.3, 0.4) is 0 Å². The first kappa shape index (κ1) is 13.6. The molecule has 0 spiro atoms. The van der Waals surface area contributed by atoms with Gasteiger partial charge in [0.05, 0.1) is 5.02 Å². The van der Waals surface area contributed by atoms with Crippen molar-refractivity contribution >= 4 is 40.3 Å². The zero-order valence-electron chi connectivity index (χ0n) is 9.09. The van der Waals surface area contributed by atoms with E-state index in [1.54, 1.807) is 0 Å². The summed E-state index contributed by atoms with van der Waals surface area (Å²) in [4.78, 5) is 10.7. The van der Waals surface area contributed by atoms with E-state index in [1.807, 2.05) is 32.0 Å². The molecule has 1 aromatic carbocycles. The van der Waals surface area contributed by atoms with Gasteiger partial charge in [0.2, 0.25) is 0 Å². The molecule has 0 atom stereocenters. The molecule has 0 aliphatic heterocycles. The molecule has 5 heteroatoms. The predicted molar refractivity (Wildman–Crippen MR) is 72.6 cm³/mol. The Balaban J connectivity index is 2.79. The van der Waals surface area contributed by atoms with Gasteiger partial charge in [-0.05, 0) is 54.1 Å². The SMILES string of the molecule is CC(C)(Cc1ccc(I)c(Cl)c1)OC(N)=O. The van der Waals surface area contributed by atoms with Gasteiger partial charge in [-0.15, -0.1) is 0 Å². The molecule has 3 nitrogen and oxygen atoms in total. The van der Waals surface area contributed by atoms with E-state index in [9.17, 15) is 4.79 Å². The maximum absolute atomic E-state index is 10.7. The Labute approximate surface area is 113 Å². The predicted octanol–water partition coefficient (Wildman–Crippen LogP) is 3.36. The van der Waals surface area contributed by atoms with E-state index in [0.717, 1.165) is 9.13 Å². The summed E-state index contributed by atoms with van der Waals surface area (Å²) in [6.45, 7) is 3.62. The number of carbonyl (C=O) groups is 1. The Morgan fingerprint density at radius 3 is 2.69 bits per heavy atom. The van der Waals surface area contributed by atoms with Crippen molar-refractivity contribution in [3.05, 3.63) is 32.4 Å². The van der Waals surface area contributed by atoms with Gasteiger partial charge < -0.3 is 10.5 Å². The summed E-state index contributed by atoms with van der Waals surface area (Å²) in [5, 5.41) is 0.702. The lowest BCUT2D eigenvalue weighted by molar-refractivity contribution is 0.0460. The van der Waals surface area contributed by atoms with Gasteiger partial charge in [-0.25, -0.2) is 4.79 Å². The largest absolute Gasteiger partial charge is 0.443 e. The van der Waals surface area contributed by atoms with Gasteiger partial charge >= 0.3 is 6.09 Å². The van der Waals surface area contributed by atoms with E-state index in [1.165, 1.54) is 0 Å². The average Bonchev–Trinajstić information content (AvgIpc) is 2.08. The van der Waals surface area contributed by atoms with Crippen LogP contribution in [-0.4, -0.2) is 11.7 Å². The summed E-state index contributed by atoms with van der Waals surface area (Å²) in [5.74, 6) is 0. The van der Waals surface area contributed by atoms with Crippen LogP contribution in [0.2, 0.25) is 5.02 Å². The fraction of sp³-hybridized carbons (Fsp3) is 0.364. The van der Waals surface area contributed by atoms with Gasteiger partial charge in [0.1, 0.15) is 5.60 Å². The normalized spacial score (nSPS) is 11.2. The minimum absolute atomic E-state index is 0.576. The molecule has 2 N–H and O–H groups in total. The molecule has 1 aromatic rings. The van der Waals surface area contributed by atoms with Crippen molar-refractivity contribution in [2.24, 2.45) is 5.73 Å². The number of ether oxygens (including phenoxy) is 1. The van der Waals surface area contributed by atoms with E-state index >= 15 is 0 Å². The number of carbonyl (C=O) groups excluding carboxylic acids is 1. The highest BCUT2D eigenvalue weighted by atomic mass is 127. The second-order valence-corrected chi connectivity index (χ2v) is 5.68. The van der Waals surface area contributed by atoms with E-state index in [-0.39, 0.29) is 0 Å². The van der Waals surface area contributed by atoms with Crippen LogP contribution in [0.5, 0.6) is 0 Å². The summed E-state index contributed by atoms with van der Waals surface area (Å²) < 4.78 is 6.00. The molecule has 0 aliphatic carbocycles. The van der Waals surface area contributed by atoms with Crippen LogP contribution in [-0.2, 0) is 11.2 Å². The van der Waals surface area contributed by atoms with Crippen molar-refractivity contribution in [1.82, 2.24) is 0 Å². The molecular formula is C11H13ClINO2. The van der Waals surface area contributed by atoms with E-state index in [0.29, 0.717) is 11.4 Å². The second kappa shape index (κ2) is 5.23. The maximum atomic E-state index is 10.7. The number of hydrogen-bond acceptors (Lipinski definition) is 2. The Hall–Kier alpha value is -0.490. The third kappa shape index (κ3) is 4.17. The van der Waals surface area contributed by atoms with Gasteiger partial charge in [-0.3, -0.25) is 0 Å². The molecule has 0 saturated carbocycles. The molecule has 0 fully saturated rings. The number of halogens is 2. The van der Waals surface area contributed by atoms with Gasteiger partial charge in [-0.1, -0.05) is 17.7 Å². The first-order valence-electron chi connectivity index (χ1n) is 4.72. The summed E-state index contributed by atoms with van der Waals surface area (Å²) in [5.41, 5.74) is 5.39. The highest BCUT2D eigenvalue weighted by Gasteiger charge is 2.22. The maximum Gasteiger partial charge on any atom is 0.405 e. The number of amides is 1. The summed E-state index contributed by atoms with van der Waals surface area (Å²) in [6, 6.07) is 5.76. The van der Waals surface area contributed by atoms with Crippen LogP contribution < -0.4 is 5.73 Å². The average molecular weight is 354 g/mol. The molecule has 88 valence electrons. The molecule has 1 amide bonds. The van der Waals surface area contributed by atoms with E-state index in [4.69, 9.17) is 22.1 Å². The van der Waals surface area contributed by atoms with Crippen LogP contribution in [0.25, 0.3) is 0 Å². The van der Waals surface area contributed by atoms with Crippen LogP contribution >= 0.6 is 34.2 Å². The molecule has 0 unspecified atom stereocenters. The monoisotopic (exact) mass is 353 g/mol. The molecule has 0 saturated heterocycles. The molecule has 0 aromatic heterocycles.